The molecule has 0 aliphatic rings. The second-order valence-corrected chi connectivity index (χ2v) is 10.3. The summed E-state index contributed by atoms with van der Waals surface area (Å²) in [5.41, 5.74) is 2.03. The molecule has 2 amide bonds. The number of halogens is 1. The van der Waals surface area contributed by atoms with Crippen molar-refractivity contribution in [1.82, 2.24) is 10.2 Å². The van der Waals surface area contributed by atoms with Gasteiger partial charge in [0.15, 0.2) is 6.61 Å². The largest absolute Gasteiger partial charge is 0.497 e. The fraction of sp³-hybridized carbons (Fsp3) is 0.462. The molecule has 180 valence electrons. The summed E-state index contributed by atoms with van der Waals surface area (Å²) in [7, 11) is 1.59. The zero-order chi connectivity index (χ0) is 24.8. The van der Waals surface area contributed by atoms with E-state index in [-0.39, 0.29) is 36.4 Å². The molecule has 0 aromatic heterocycles. The topological polar surface area (TPSA) is 67.9 Å². The van der Waals surface area contributed by atoms with Crippen molar-refractivity contribution in [3.05, 3.63) is 58.1 Å². The summed E-state index contributed by atoms with van der Waals surface area (Å²) in [6.45, 7) is 12.0. The molecule has 6 nitrogen and oxygen atoms in total. The quantitative estimate of drug-likeness (QED) is 0.502. The SMILES string of the molecule is COc1cccc(CN(C(=O)COc2ccc(C(C)(C)C)cc2Br)[C@H](C)C(=O)NC(C)C)c1. The van der Waals surface area contributed by atoms with E-state index in [4.69, 9.17) is 9.47 Å². The van der Waals surface area contributed by atoms with E-state index in [9.17, 15) is 9.59 Å². The molecule has 0 heterocycles. The molecule has 1 N–H and O–H groups in total. The molecule has 0 aliphatic heterocycles. The summed E-state index contributed by atoms with van der Waals surface area (Å²) < 4.78 is 11.9. The van der Waals surface area contributed by atoms with Crippen LogP contribution in [0.2, 0.25) is 0 Å². The molecule has 0 saturated heterocycles. The molecule has 0 radical (unpaired) electrons. The zero-order valence-corrected chi connectivity index (χ0v) is 22.2. The van der Waals surface area contributed by atoms with Gasteiger partial charge in [0.25, 0.3) is 5.91 Å². The molecule has 0 fully saturated rings. The molecular weight excluding hydrogens is 484 g/mol. The third-order valence-corrected chi connectivity index (χ3v) is 5.85. The number of ether oxygens (including phenoxy) is 2. The maximum Gasteiger partial charge on any atom is 0.261 e. The van der Waals surface area contributed by atoms with Crippen molar-refractivity contribution in [2.24, 2.45) is 0 Å². The highest BCUT2D eigenvalue weighted by atomic mass is 79.9. The van der Waals surface area contributed by atoms with Gasteiger partial charge < -0.3 is 19.7 Å². The van der Waals surface area contributed by atoms with Gasteiger partial charge in [-0.1, -0.05) is 39.0 Å². The van der Waals surface area contributed by atoms with Gasteiger partial charge in [0, 0.05) is 12.6 Å². The average Bonchev–Trinajstić information content (AvgIpc) is 2.74. The number of hydrogen-bond donors (Lipinski definition) is 1. The molecule has 2 rings (SSSR count). The van der Waals surface area contributed by atoms with Crippen LogP contribution in [-0.2, 0) is 21.5 Å². The van der Waals surface area contributed by atoms with Gasteiger partial charge in [-0.25, -0.2) is 0 Å². The van der Waals surface area contributed by atoms with Gasteiger partial charge in [-0.3, -0.25) is 9.59 Å². The fourth-order valence-corrected chi connectivity index (χ4v) is 3.76. The number of hydrogen-bond acceptors (Lipinski definition) is 4. The number of nitrogens with zero attached hydrogens (tertiary/aromatic N) is 1. The van der Waals surface area contributed by atoms with Gasteiger partial charge in [0.05, 0.1) is 11.6 Å². The van der Waals surface area contributed by atoms with Crippen LogP contribution in [0.5, 0.6) is 11.5 Å². The lowest BCUT2D eigenvalue weighted by molar-refractivity contribution is -0.142. The van der Waals surface area contributed by atoms with Crippen LogP contribution in [-0.4, -0.2) is 42.5 Å². The van der Waals surface area contributed by atoms with Gasteiger partial charge in [-0.05, 0) is 77.5 Å². The average molecular weight is 519 g/mol. The Bertz CT molecular complexity index is 969. The normalized spacial score (nSPS) is 12.3. The summed E-state index contributed by atoms with van der Waals surface area (Å²) >= 11 is 3.55. The minimum Gasteiger partial charge on any atom is -0.497 e. The molecule has 0 unspecified atom stereocenters. The Balaban J connectivity index is 2.21. The molecule has 0 saturated carbocycles. The van der Waals surface area contributed by atoms with Gasteiger partial charge >= 0.3 is 0 Å². The molecule has 0 bridgehead atoms. The van der Waals surface area contributed by atoms with Crippen molar-refractivity contribution < 1.29 is 19.1 Å². The van der Waals surface area contributed by atoms with Crippen LogP contribution in [0.3, 0.4) is 0 Å². The number of methoxy groups -OCH3 is 1. The van der Waals surface area contributed by atoms with Gasteiger partial charge in [-0.2, -0.15) is 0 Å². The van der Waals surface area contributed by atoms with E-state index < -0.39 is 6.04 Å². The van der Waals surface area contributed by atoms with E-state index in [1.54, 1.807) is 14.0 Å². The lowest BCUT2D eigenvalue weighted by atomic mass is 9.87. The van der Waals surface area contributed by atoms with Crippen molar-refractivity contribution in [1.29, 1.82) is 0 Å². The lowest BCUT2D eigenvalue weighted by Crippen LogP contribution is -2.50. The van der Waals surface area contributed by atoms with E-state index in [2.05, 4.69) is 42.0 Å². The molecule has 2 aromatic carbocycles. The number of benzene rings is 2. The van der Waals surface area contributed by atoms with Crippen LogP contribution in [0.1, 0.15) is 52.7 Å². The molecule has 33 heavy (non-hydrogen) atoms. The highest BCUT2D eigenvalue weighted by Crippen LogP contribution is 2.31. The van der Waals surface area contributed by atoms with Crippen LogP contribution in [0.4, 0.5) is 0 Å². The first-order valence-corrected chi connectivity index (χ1v) is 11.9. The molecule has 0 spiro atoms. The first kappa shape index (κ1) is 26.7. The van der Waals surface area contributed by atoms with E-state index >= 15 is 0 Å². The highest BCUT2D eigenvalue weighted by Gasteiger charge is 2.27. The maximum atomic E-state index is 13.2. The van der Waals surface area contributed by atoms with Crippen LogP contribution < -0.4 is 14.8 Å². The van der Waals surface area contributed by atoms with Crippen molar-refractivity contribution >= 4 is 27.7 Å². The summed E-state index contributed by atoms with van der Waals surface area (Å²) in [5, 5.41) is 2.88. The fourth-order valence-electron chi connectivity index (χ4n) is 3.26. The summed E-state index contributed by atoms with van der Waals surface area (Å²) in [4.78, 5) is 27.4. The second-order valence-electron chi connectivity index (χ2n) is 9.40. The number of rotatable bonds is 9. The lowest BCUT2D eigenvalue weighted by Gasteiger charge is -2.29. The minimum absolute atomic E-state index is 0.00359. The number of nitrogens with one attached hydrogen (secondary N) is 1. The standard InChI is InChI=1S/C26H35BrN2O4/c1-17(2)28-25(31)18(3)29(15-19-9-8-10-21(13-19)32-7)24(30)16-33-23-12-11-20(14-22(23)27)26(4,5)6/h8-14,17-18H,15-16H2,1-7H3,(H,28,31)/t18-/m1/s1. The van der Waals surface area contributed by atoms with Crippen LogP contribution in [0.15, 0.2) is 46.9 Å². The minimum atomic E-state index is -0.665. The van der Waals surface area contributed by atoms with Gasteiger partial charge in [-0.15, -0.1) is 0 Å². The van der Waals surface area contributed by atoms with E-state index in [1.165, 1.54) is 4.90 Å². The zero-order valence-electron chi connectivity index (χ0n) is 20.6. The summed E-state index contributed by atoms with van der Waals surface area (Å²) in [6, 6.07) is 12.6. The monoisotopic (exact) mass is 518 g/mol. The molecule has 2 aromatic rings. The second kappa shape index (κ2) is 11.5. The first-order chi connectivity index (χ1) is 15.4. The van der Waals surface area contributed by atoms with Crippen LogP contribution in [0, 0.1) is 0 Å². The highest BCUT2D eigenvalue weighted by molar-refractivity contribution is 9.10. The number of amides is 2. The number of carbonyl (C=O) groups excluding carboxylic acids is 2. The Labute approximate surface area is 205 Å². The Morgan fingerprint density at radius 1 is 1.09 bits per heavy atom. The molecular formula is C26H35BrN2O4. The van der Waals surface area contributed by atoms with Crippen LogP contribution >= 0.6 is 15.9 Å². The van der Waals surface area contributed by atoms with Crippen LogP contribution in [0.25, 0.3) is 0 Å². The van der Waals surface area contributed by atoms with E-state index in [1.807, 2.05) is 56.3 Å². The Hall–Kier alpha value is -2.54. The van der Waals surface area contributed by atoms with E-state index in [0.717, 1.165) is 15.6 Å². The van der Waals surface area contributed by atoms with Crippen molar-refractivity contribution in [3.8, 4) is 11.5 Å². The molecule has 0 aliphatic carbocycles. The van der Waals surface area contributed by atoms with Crippen molar-refractivity contribution in [2.45, 2.75) is 65.6 Å². The predicted octanol–water partition coefficient (Wildman–Crippen LogP) is 5.08. The third kappa shape index (κ3) is 7.77. The van der Waals surface area contributed by atoms with E-state index in [0.29, 0.717) is 11.5 Å². The summed E-state index contributed by atoms with van der Waals surface area (Å²) in [5.74, 6) is 0.781. The maximum absolute atomic E-state index is 13.2. The third-order valence-electron chi connectivity index (χ3n) is 5.23. The predicted molar refractivity (Wildman–Crippen MR) is 135 cm³/mol. The Kier molecular flexibility index (Phi) is 9.35. The molecule has 7 heteroatoms. The van der Waals surface area contributed by atoms with Gasteiger partial charge in [0.1, 0.15) is 17.5 Å². The number of carbonyl (C=O) groups is 2. The van der Waals surface area contributed by atoms with Crippen molar-refractivity contribution in [3.63, 3.8) is 0 Å². The first-order valence-electron chi connectivity index (χ1n) is 11.1. The Morgan fingerprint density at radius 3 is 2.36 bits per heavy atom. The molecule has 1 atom stereocenters. The smallest absolute Gasteiger partial charge is 0.261 e. The van der Waals surface area contributed by atoms with Crippen molar-refractivity contribution in [2.75, 3.05) is 13.7 Å². The summed E-state index contributed by atoms with van der Waals surface area (Å²) in [6.07, 6.45) is 0. The Morgan fingerprint density at radius 2 is 1.79 bits per heavy atom. The van der Waals surface area contributed by atoms with Gasteiger partial charge in [0.2, 0.25) is 5.91 Å².